The Morgan fingerprint density at radius 3 is 1.12 bits per heavy atom. The first-order valence-corrected chi connectivity index (χ1v) is 40.2. The van der Waals surface area contributed by atoms with Crippen LogP contribution in [0, 0.1) is 0 Å². The predicted octanol–water partition coefficient (Wildman–Crippen LogP) is 29.9. The van der Waals surface area contributed by atoms with Gasteiger partial charge in [0.05, 0.1) is 11.0 Å². The highest BCUT2D eigenvalue weighted by molar-refractivity contribution is 7.25. The van der Waals surface area contributed by atoms with Crippen molar-refractivity contribution in [1.82, 2.24) is 29.5 Å². The van der Waals surface area contributed by atoms with Gasteiger partial charge in [0, 0.05) is 74.6 Å². The summed E-state index contributed by atoms with van der Waals surface area (Å²) in [5, 5.41) is 37.7. The maximum atomic E-state index is 6.68. The van der Waals surface area contributed by atoms with Gasteiger partial charge in [-0.25, -0.2) is 19.9 Å². The zero-order chi connectivity index (χ0) is 74.1. The monoisotopic (exact) mass is 1490 g/mol. The molecule has 0 radical (unpaired) electrons. The smallest absolute Gasteiger partial charge is 0.165 e. The second-order valence-electron chi connectivity index (χ2n) is 29.5. The van der Waals surface area contributed by atoms with Crippen molar-refractivity contribution in [3.05, 3.63) is 357 Å². The van der Waals surface area contributed by atoms with Gasteiger partial charge in [-0.2, -0.15) is 0 Å². The van der Waals surface area contributed by atoms with Gasteiger partial charge in [0.1, 0.15) is 32.1 Å². The molecule has 0 saturated heterocycles. The summed E-state index contributed by atoms with van der Waals surface area (Å²) < 4.78 is 4.78. The van der Waals surface area contributed by atoms with Gasteiger partial charge in [-0.3, -0.25) is 4.57 Å². The molecule has 9 heteroatoms. The molecule has 6 aromatic heterocycles. The van der Waals surface area contributed by atoms with Crippen molar-refractivity contribution in [3.8, 4) is 28.3 Å². The van der Waals surface area contributed by atoms with Gasteiger partial charge in [-0.15, -0.1) is 22.7 Å². The molecule has 0 bridgehead atoms. The molecule has 0 aliphatic carbocycles. The zero-order valence-electron chi connectivity index (χ0n) is 60.4. The lowest BCUT2D eigenvalue weighted by Gasteiger charge is -2.16. The van der Waals surface area contributed by atoms with Crippen molar-refractivity contribution in [2.75, 3.05) is 0 Å². The molecular weight excluding hydrogens is 1430 g/mol. The minimum absolute atomic E-state index is 0.441. The van der Waals surface area contributed by atoms with Gasteiger partial charge in [0.2, 0.25) is 0 Å². The van der Waals surface area contributed by atoms with Gasteiger partial charge in [0.25, 0.3) is 0 Å². The van der Waals surface area contributed by atoms with Crippen LogP contribution in [0.1, 0.15) is 0 Å². The van der Waals surface area contributed by atoms with Crippen LogP contribution in [0.15, 0.2) is 352 Å². The number of aromatic nitrogens is 6. The Morgan fingerprint density at radius 1 is 0.239 bits per heavy atom. The molecule has 6 heterocycles. The zero-order valence-corrected chi connectivity index (χ0v) is 62.8. The van der Waals surface area contributed by atoms with Crippen LogP contribution in [0.25, 0.3) is 242 Å². The molecule has 0 fully saturated rings. The average Bonchev–Trinajstić information content (AvgIpc) is 1.58. The number of nitrogens with zero attached hydrogens (tertiary/aromatic N) is 5. The summed E-state index contributed by atoms with van der Waals surface area (Å²) in [7, 11) is 0. The number of thiophene rings is 2. The Labute approximate surface area is 657 Å². The van der Waals surface area contributed by atoms with E-state index in [1.807, 2.05) is 12.1 Å². The highest BCUT2D eigenvalue weighted by atomic mass is 35.5. The first-order valence-electron chi connectivity index (χ1n) is 38.2. The lowest BCUT2D eigenvalue weighted by molar-refractivity contribution is 1.09. The SMILES string of the molecule is Clc1nc2c(nc1-c1cc3ccccc3c3ccccc13)sc1ccccc12.c1ccc2cc3c(cc2c1)[nH]c1ccc2c4ccccc4c4ccccc4c2c13.c1ccc2cc3c(cc2c1)c1c2c4ccccc4c4ccccc4c2ccc1n3-c1nc2c(nc1-c1cc3ccccc3c3ccccc13)sc1ccccc12. The minimum atomic E-state index is 0.441. The number of benzene rings is 20. The van der Waals surface area contributed by atoms with Crippen LogP contribution in [-0.2, 0) is 0 Å². The van der Waals surface area contributed by atoms with E-state index in [1.54, 1.807) is 22.7 Å². The van der Waals surface area contributed by atoms with Gasteiger partial charge >= 0.3 is 0 Å². The Morgan fingerprint density at radius 2 is 0.602 bits per heavy atom. The fourth-order valence-corrected chi connectivity index (χ4v) is 20.8. The molecule has 20 aromatic carbocycles. The third-order valence-corrected chi connectivity index (χ3v) is 25.8. The minimum Gasteiger partial charge on any atom is -0.354 e. The molecule has 0 unspecified atom stereocenters. The molecule has 26 rings (SSSR count). The lowest BCUT2D eigenvalue weighted by Crippen LogP contribution is -2.03. The molecule has 0 atom stereocenters. The lowest BCUT2D eigenvalue weighted by atomic mass is 9.91. The highest BCUT2D eigenvalue weighted by Gasteiger charge is 2.27. The Bertz CT molecular complexity index is 8560. The molecule has 0 aliphatic heterocycles. The van der Waals surface area contributed by atoms with Crippen LogP contribution in [0.2, 0.25) is 5.15 Å². The van der Waals surface area contributed by atoms with E-state index >= 15 is 0 Å². The molecule has 0 saturated carbocycles. The summed E-state index contributed by atoms with van der Waals surface area (Å²) in [6.45, 7) is 0. The van der Waals surface area contributed by atoms with Crippen LogP contribution in [0.3, 0.4) is 0 Å². The van der Waals surface area contributed by atoms with Gasteiger partial charge in [0.15, 0.2) is 11.0 Å². The van der Waals surface area contributed by atoms with Crippen LogP contribution in [0.5, 0.6) is 0 Å². The Balaban J connectivity index is 0.000000109. The number of H-pyrrole nitrogens is 1. The summed E-state index contributed by atoms with van der Waals surface area (Å²) in [6, 6.07) is 127. The van der Waals surface area contributed by atoms with Crippen molar-refractivity contribution in [2.45, 2.75) is 0 Å². The van der Waals surface area contributed by atoms with E-state index in [0.29, 0.717) is 5.15 Å². The van der Waals surface area contributed by atoms with E-state index in [2.05, 4.69) is 349 Å². The summed E-state index contributed by atoms with van der Waals surface area (Å²) >= 11 is 10.0. The fraction of sp³-hybridized carbons (Fsp3) is 0. The van der Waals surface area contributed by atoms with E-state index in [1.165, 1.54) is 160 Å². The van der Waals surface area contributed by atoms with E-state index < -0.39 is 0 Å². The molecular formula is C104H59ClN6S2. The average molecular weight is 1490 g/mol. The molecule has 0 amide bonds. The summed E-state index contributed by atoms with van der Waals surface area (Å²) in [5.41, 5.74) is 10.1. The van der Waals surface area contributed by atoms with Crippen LogP contribution < -0.4 is 0 Å². The van der Waals surface area contributed by atoms with Crippen LogP contribution >= 0.6 is 34.3 Å². The predicted molar refractivity (Wildman–Crippen MR) is 486 cm³/mol. The van der Waals surface area contributed by atoms with Crippen molar-refractivity contribution in [2.24, 2.45) is 0 Å². The number of rotatable bonds is 3. The first-order chi connectivity index (χ1) is 56.0. The number of nitrogens with one attached hydrogen (secondary N) is 1. The molecule has 113 heavy (non-hydrogen) atoms. The molecule has 6 nitrogen and oxygen atoms in total. The molecule has 26 aromatic rings. The third kappa shape index (κ3) is 9.78. The summed E-state index contributed by atoms with van der Waals surface area (Å²) in [4.78, 5) is 26.6. The molecule has 524 valence electrons. The Hall–Kier alpha value is -14.0. The van der Waals surface area contributed by atoms with E-state index in [9.17, 15) is 0 Å². The molecule has 0 aliphatic rings. The number of hydrogen-bond acceptors (Lipinski definition) is 6. The van der Waals surface area contributed by atoms with Crippen molar-refractivity contribution in [1.29, 1.82) is 0 Å². The molecule has 0 spiro atoms. The Kier molecular flexibility index (Phi) is 14.1. The van der Waals surface area contributed by atoms with Crippen molar-refractivity contribution >= 4 is 248 Å². The first kappa shape index (κ1) is 63.9. The second kappa shape index (κ2) is 25.0. The number of aromatic amines is 1. The third-order valence-electron chi connectivity index (χ3n) is 23.5. The summed E-state index contributed by atoms with van der Waals surface area (Å²) in [5.74, 6) is 0.834. The maximum Gasteiger partial charge on any atom is 0.165 e. The number of hydrogen-bond donors (Lipinski definition) is 1. The largest absolute Gasteiger partial charge is 0.354 e. The second-order valence-corrected chi connectivity index (χ2v) is 32.0. The van der Waals surface area contributed by atoms with Gasteiger partial charge in [-0.05, 0) is 179 Å². The summed E-state index contributed by atoms with van der Waals surface area (Å²) in [6.07, 6.45) is 0. The maximum absolute atomic E-state index is 6.68. The van der Waals surface area contributed by atoms with E-state index in [4.69, 9.17) is 31.5 Å². The highest BCUT2D eigenvalue weighted by Crippen LogP contribution is 2.49. The van der Waals surface area contributed by atoms with Crippen molar-refractivity contribution in [3.63, 3.8) is 0 Å². The number of fused-ring (bicyclic) bond motifs is 34. The van der Waals surface area contributed by atoms with E-state index in [0.717, 1.165) is 81.6 Å². The topological polar surface area (TPSA) is 72.3 Å². The van der Waals surface area contributed by atoms with Crippen LogP contribution in [0.4, 0.5) is 0 Å². The van der Waals surface area contributed by atoms with Gasteiger partial charge < -0.3 is 4.98 Å². The standard InChI is InChI=1S/C52H29N3S.C28H17N.C24H13ClN2S/c1-2-14-31-29-45-43(27-30(31)13-1)48-44(26-25-40-37-20-7-6-18-35(37)36-19-9-10-22-39(36)47(40)48)55(45)51-49(54-52-50(53-51)41-23-11-12-24-46(41)56-52)42-28-32-15-3-4-16-33(32)34-17-5-8-21-38(34)42;1-2-8-18-16-26-24(15-17(18)7-1)28-25(29-26)14-13-23-21-11-4-3-9-19(21)20-10-5-6-12-22(20)27(23)28;25-23-21(27-24-22(26-23)18-11-5-6-12-20(18)28-24)19-13-14-7-1-2-8-15(14)16-9-3-4-10-17(16)19/h1-29H;1-16,29H;1-13H. The van der Waals surface area contributed by atoms with Crippen molar-refractivity contribution < 1.29 is 0 Å². The van der Waals surface area contributed by atoms with E-state index in [-0.39, 0.29) is 0 Å². The fourth-order valence-electron chi connectivity index (χ4n) is 18.5. The molecule has 1 N–H and O–H groups in total. The van der Waals surface area contributed by atoms with Gasteiger partial charge in [-0.1, -0.05) is 303 Å². The quantitative estimate of drug-likeness (QED) is 0.179. The normalized spacial score (nSPS) is 12.1. The van der Waals surface area contributed by atoms with Crippen LogP contribution in [-0.4, -0.2) is 29.5 Å². The number of halogens is 1.